The molecule has 112 valence electrons. The third-order valence-corrected chi connectivity index (χ3v) is 4.01. The first-order chi connectivity index (χ1) is 10.2. The smallest absolute Gasteiger partial charge is 0.0643 e. The highest BCUT2D eigenvalue weighted by atomic mass is 35.5. The van der Waals surface area contributed by atoms with Crippen molar-refractivity contribution < 1.29 is 0 Å². The van der Waals surface area contributed by atoms with Crippen LogP contribution in [0.5, 0.6) is 0 Å². The Morgan fingerprint density at radius 2 is 2.10 bits per heavy atom. The Morgan fingerprint density at radius 1 is 1.29 bits per heavy atom. The highest BCUT2D eigenvalue weighted by Gasteiger charge is 2.12. The molecular weight excluding hydrogens is 282 g/mol. The van der Waals surface area contributed by atoms with E-state index in [2.05, 4.69) is 41.2 Å². The molecule has 0 aliphatic heterocycles. The fourth-order valence-electron chi connectivity index (χ4n) is 2.27. The quantitative estimate of drug-likeness (QED) is 0.873. The molecule has 1 heterocycles. The molecule has 2 aromatic rings. The van der Waals surface area contributed by atoms with E-state index in [0.717, 1.165) is 29.5 Å². The third-order valence-electron chi connectivity index (χ3n) is 3.71. The SMILES string of the molecule is CCN(Cc1ccccn1)c1ccc(C(C)NC)cc1Cl. The predicted octanol–water partition coefficient (Wildman–Crippen LogP) is 4.04. The van der Waals surface area contributed by atoms with Gasteiger partial charge in [-0.15, -0.1) is 0 Å². The summed E-state index contributed by atoms with van der Waals surface area (Å²) >= 11 is 6.48. The maximum Gasteiger partial charge on any atom is 0.0643 e. The molecule has 0 radical (unpaired) electrons. The maximum atomic E-state index is 6.48. The molecule has 0 saturated carbocycles. The van der Waals surface area contributed by atoms with E-state index in [1.165, 1.54) is 5.56 Å². The van der Waals surface area contributed by atoms with Gasteiger partial charge in [-0.2, -0.15) is 0 Å². The lowest BCUT2D eigenvalue weighted by Crippen LogP contribution is -2.23. The van der Waals surface area contributed by atoms with E-state index in [0.29, 0.717) is 6.04 Å². The summed E-state index contributed by atoms with van der Waals surface area (Å²) in [6.07, 6.45) is 1.82. The molecule has 1 atom stereocenters. The molecule has 0 fully saturated rings. The fourth-order valence-corrected chi connectivity index (χ4v) is 2.58. The second-order valence-corrected chi connectivity index (χ2v) is 5.46. The molecule has 1 unspecified atom stereocenters. The Labute approximate surface area is 132 Å². The van der Waals surface area contributed by atoms with Crippen molar-refractivity contribution in [3.05, 3.63) is 58.9 Å². The van der Waals surface area contributed by atoms with Crippen molar-refractivity contribution >= 4 is 17.3 Å². The number of halogens is 1. The Kier molecular flexibility index (Phi) is 5.59. The largest absolute Gasteiger partial charge is 0.365 e. The minimum atomic E-state index is 0.294. The number of hydrogen-bond donors (Lipinski definition) is 1. The van der Waals surface area contributed by atoms with Crippen LogP contribution in [-0.4, -0.2) is 18.6 Å². The Bertz CT molecular complexity index is 572. The summed E-state index contributed by atoms with van der Waals surface area (Å²) in [5.74, 6) is 0. The molecule has 1 aromatic carbocycles. The molecule has 3 nitrogen and oxygen atoms in total. The number of aromatic nitrogens is 1. The molecule has 1 N–H and O–H groups in total. The average molecular weight is 304 g/mol. The van der Waals surface area contributed by atoms with Gasteiger partial charge in [-0.25, -0.2) is 0 Å². The second kappa shape index (κ2) is 7.43. The standard InChI is InChI=1S/C17H22ClN3/c1-4-21(12-15-7-5-6-10-20-15)17-9-8-14(11-16(17)18)13(2)19-3/h5-11,13,19H,4,12H2,1-3H3. The van der Waals surface area contributed by atoms with Crippen LogP contribution in [0.4, 0.5) is 5.69 Å². The first kappa shape index (κ1) is 15.8. The lowest BCUT2D eigenvalue weighted by atomic mass is 10.1. The number of pyridine rings is 1. The van der Waals surface area contributed by atoms with Gasteiger partial charge in [0, 0.05) is 18.8 Å². The van der Waals surface area contributed by atoms with Crippen molar-refractivity contribution in [1.29, 1.82) is 0 Å². The molecular formula is C17H22ClN3. The number of hydrogen-bond acceptors (Lipinski definition) is 3. The van der Waals surface area contributed by atoms with Crippen molar-refractivity contribution in [2.45, 2.75) is 26.4 Å². The summed E-state index contributed by atoms with van der Waals surface area (Å²) in [4.78, 5) is 6.62. The lowest BCUT2D eigenvalue weighted by molar-refractivity contribution is 0.652. The Hall–Kier alpha value is -1.58. The molecule has 2 rings (SSSR count). The Balaban J connectivity index is 2.22. The molecule has 4 heteroatoms. The van der Waals surface area contributed by atoms with Crippen molar-refractivity contribution in [2.75, 3.05) is 18.5 Å². The van der Waals surface area contributed by atoms with E-state index in [-0.39, 0.29) is 0 Å². The summed E-state index contributed by atoms with van der Waals surface area (Å²) < 4.78 is 0. The van der Waals surface area contributed by atoms with Gasteiger partial charge in [0.05, 0.1) is 22.9 Å². The van der Waals surface area contributed by atoms with E-state index in [1.807, 2.05) is 37.5 Å². The molecule has 0 bridgehead atoms. The summed E-state index contributed by atoms with van der Waals surface area (Å²) in [7, 11) is 1.95. The van der Waals surface area contributed by atoms with Crippen molar-refractivity contribution in [3.8, 4) is 0 Å². The van der Waals surface area contributed by atoms with Gasteiger partial charge < -0.3 is 10.2 Å². The van der Waals surface area contributed by atoms with Gasteiger partial charge in [0.1, 0.15) is 0 Å². The highest BCUT2D eigenvalue weighted by Crippen LogP contribution is 2.29. The number of rotatable bonds is 6. The van der Waals surface area contributed by atoms with Crippen LogP contribution >= 0.6 is 11.6 Å². The van der Waals surface area contributed by atoms with E-state index in [4.69, 9.17) is 11.6 Å². The Morgan fingerprint density at radius 3 is 2.67 bits per heavy atom. The van der Waals surface area contributed by atoms with E-state index in [1.54, 1.807) is 0 Å². The second-order valence-electron chi connectivity index (χ2n) is 5.06. The van der Waals surface area contributed by atoms with Gasteiger partial charge in [-0.3, -0.25) is 4.98 Å². The van der Waals surface area contributed by atoms with Crippen LogP contribution in [0.15, 0.2) is 42.6 Å². The topological polar surface area (TPSA) is 28.2 Å². The van der Waals surface area contributed by atoms with E-state index in [9.17, 15) is 0 Å². The molecule has 0 aliphatic rings. The van der Waals surface area contributed by atoms with Crippen LogP contribution in [0.25, 0.3) is 0 Å². The monoisotopic (exact) mass is 303 g/mol. The zero-order valence-electron chi connectivity index (χ0n) is 12.8. The highest BCUT2D eigenvalue weighted by molar-refractivity contribution is 6.33. The average Bonchev–Trinajstić information content (AvgIpc) is 2.53. The number of nitrogens with zero attached hydrogens (tertiary/aromatic N) is 2. The van der Waals surface area contributed by atoms with Crippen LogP contribution in [0.2, 0.25) is 5.02 Å². The van der Waals surface area contributed by atoms with Gasteiger partial charge in [0.2, 0.25) is 0 Å². The fraction of sp³-hybridized carbons (Fsp3) is 0.353. The van der Waals surface area contributed by atoms with Crippen LogP contribution in [0.3, 0.4) is 0 Å². The van der Waals surface area contributed by atoms with Crippen LogP contribution in [-0.2, 0) is 6.54 Å². The first-order valence-corrected chi connectivity index (χ1v) is 7.65. The summed E-state index contributed by atoms with van der Waals surface area (Å²) in [6.45, 7) is 5.90. The van der Waals surface area contributed by atoms with Gasteiger partial charge in [0.15, 0.2) is 0 Å². The normalized spacial score (nSPS) is 12.2. The molecule has 0 spiro atoms. The van der Waals surface area contributed by atoms with Crippen molar-refractivity contribution in [1.82, 2.24) is 10.3 Å². The van der Waals surface area contributed by atoms with E-state index < -0.39 is 0 Å². The molecule has 21 heavy (non-hydrogen) atoms. The van der Waals surface area contributed by atoms with Crippen LogP contribution in [0.1, 0.15) is 31.1 Å². The zero-order chi connectivity index (χ0) is 15.2. The minimum absolute atomic E-state index is 0.294. The molecule has 0 aliphatic carbocycles. The van der Waals surface area contributed by atoms with Gasteiger partial charge >= 0.3 is 0 Å². The summed E-state index contributed by atoms with van der Waals surface area (Å²) in [6, 6.07) is 12.5. The summed E-state index contributed by atoms with van der Waals surface area (Å²) in [5.41, 5.74) is 3.29. The van der Waals surface area contributed by atoms with Gasteiger partial charge in [-0.1, -0.05) is 23.7 Å². The van der Waals surface area contributed by atoms with E-state index >= 15 is 0 Å². The minimum Gasteiger partial charge on any atom is -0.365 e. The number of nitrogens with one attached hydrogen (secondary N) is 1. The van der Waals surface area contributed by atoms with Crippen LogP contribution in [0, 0.1) is 0 Å². The molecule has 0 amide bonds. The third kappa shape index (κ3) is 3.96. The van der Waals surface area contributed by atoms with Crippen molar-refractivity contribution in [2.24, 2.45) is 0 Å². The van der Waals surface area contributed by atoms with Crippen LogP contribution < -0.4 is 10.2 Å². The lowest BCUT2D eigenvalue weighted by Gasteiger charge is -2.24. The molecule has 1 aromatic heterocycles. The molecule has 0 saturated heterocycles. The zero-order valence-corrected chi connectivity index (χ0v) is 13.6. The number of anilines is 1. The first-order valence-electron chi connectivity index (χ1n) is 7.27. The maximum absolute atomic E-state index is 6.48. The predicted molar refractivity (Wildman–Crippen MR) is 89.9 cm³/mol. The van der Waals surface area contributed by atoms with Gasteiger partial charge in [0.25, 0.3) is 0 Å². The van der Waals surface area contributed by atoms with Crippen molar-refractivity contribution in [3.63, 3.8) is 0 Å². The van der Waals surface area contributed by atoms with Gasteiger partial charge in [-0.05, 0) is 50.7 Å². The number of benzene rings is 1. The summed E-state index contributed by atoms with van der Waals surface area (Å²) in [5, 5.41) is 4.01.